The van der Waals surface area contributed by atoms with Gasteiger partial charge in [0, 0.05) is 27.3 Å². The van der Waals surface area contributed by atoms with E-state index in [9.17, 15) is 14.9 Å². The minimum atomic E-state index is -0.513. The first-order chi connectivity index (χ1) is 12.0. The van der Waals surface area contributed by atoms with Gasteiger partial charge in [0.15, 0.2) is 5.13 Å². The number of aromatic nitrogens is 1. The van der Waals surface area contributed by atoms with E-state index in [2.05, 4.69) is 10.3 Å². The van der Waals surface area contributed by atoms with Gasteiger partial charge in [0.05, 0.1) is 16.2 Å². The summed E-state index contributed by atoms with van der Waals surface area (Å²) in [5.41, 5.74) is 0.923. The molecule has 0 aliphatic rings. The SMILES string of the molecule is Cc1csc(NC(=O)c2cc([N+](=O)[O-])ccc2Sc2ccccc2)n1. The van der Waals surface area contributed by atoms with Crippen molar-refractivity contribution in [3.63, 3.8) is 0 Å². The number of carbonyl (C=O) groups excluding carboxylic acids is 1. The van der Waals surface area contributed by atoms with E-state index in [1.54, 1.807) is 6.07 Å². The summed E-state index contributed by atoms with van der Waals surface area (Å²) in [6.07, 6.45) is 0. The molecule has 25 heavy (non-hydrogen) atoms. The Morgan fingerprint density at radius 1 is 1.24 bits per heavy atom. The maximum absolute atomic E-state index is 12.6. The number of hydrogen-bond donors (Lipinski definition) is 1. The molecule has 0 spiro atoms. The van der Waals surface area contributed by atoms with Gasteiger partial charge in [-0.3, -0.25) is 20.2 Å². The number of hydrogen-bond acceptors (Lipinski definition) is 6. The van der Waals surface area contributed by atoms with Gasteiger partial charge in [-0.05, 0) is 25.1 Å². The first kappa shape index (κ1) is 17.1. The summed E-state index contributed by atoms with van der Waals surface area (Å²) >= 11 is 2.69. The molecule has 0 aliphatic heterocycles. The van der Waals surface area contributed by atoms with Crippen molar-refractivity contribution >= 4 is 39.8 Å². The molecular weight excluding hydrogens is 358 g/mol. The molecule has 3 rings (SSSR count). The normalized spacial score (nSPS) is 10.4. The molecule has 1 N–H and O–H groups in total. The molecule has 0 saturated heterocycles. The van der Waals surface area contributed by atoms with Crippen molar-refractivity contribution in [2.75, 3.05) is 5.32 Å². The maximum Gasteiger partial charge on any atom is 0.270 e. The van der Waals surface area contributed by atoms with Crippen molar-refractivity contribution in [1.29, 1.82) is 0 Å². The fourth-order valence-electron chi connectivity index (χ4n) is 2.09. The quantitative estimate of drug-likeness (QED) is 0.516. The first-order valence-electron chi connectivity index (χ1n) is 7.28. The van der Waals surface area contributed by atoms with Crippen molar-refractivity contribution in [1.82, 2.24) is 4.98 Å². The predicted octanol–water partition coefficient (Wildman–Crippen LogP) is 4.76. The van der Waals surface area contributed by atoms with Crippen LogP contribution in [0.15, 0.2) is 63.7 Å². The van der Waals surface area contributed by atoms with E-state index < -0.39 is 10.8 Å². The zero-order valence-corrected chi connectivity index (χ0v) is 14.8. The summed E-state index contributed by atoms with van der Waals surface area (Å²) in [6, 6.07) is 13.8. The molecule has 1 heterocycles. The number of benzene rings is 2. The van der Waals surface area contributed by atoms with E-state index in [0.29, 0.717) is 10.0 Å². The van der Waals surface area contributed by atoms with Crippen LogP contribution >= 0.6 is 23.1 Å². The zero-order valence-electron chi connectivity index (χ0n) is 13.1. The van der Waals surface area contributed by atoms with Crippen LogP contribution < -0.4 is 5.32 Å². The molecule has 0 bridgehead atoms. The monoisotopic (exact) mass is 371 g/mol. The summed E-state index contributed by atoms with van der Waals surface area (Å²) in [5.74, 6) is -0.420. The maximum atomic E-state index is 12.6. The van der Waals surface area contributed by atoms with Crippen LogP contribution in [0.1, 0.15) is 16.1 Å². The third-order valence-corrected chi connectivity index (χ3v) is 5.19. The van der Waals surface area contributed by atoms with Crippen LogP contribution in [-0.4, -0.2) is 15.8 Å². The first-order valence-corrected chi connectivity index (χ1v) is 8.97. The molecule has 6 nitrogen and oxygen atoms in total. The van der Waals surface area contributed by atoms with Gasteiger partial charge in [0.2, 0.25) is 0 Å². The Kier molecular flexibility index (Phi) is 5.11. The lowest BCUT2D eigenvalue weighted by atomic mass is 10.2. The van der Waals surface area contributed by atoms with Crippen molar-refractivity contribution < 1.29 is 9.72 Å². The molecule has 0 radical (unpaired) electrons. The highest BCUT2D eigenvalue weighted by Gasteiger charge is 2.18. The van der Waals surface area contributed by atoms with E-state index >= 15 is 0 Å². The topological polar surface area (TPSA) is 85.1 Å². The highest BCUT2D eigenvalue weighted by atomic mass is 32.2. The number of nitrogens with one attached hydrogen (secondary N) is 1. The van der Waals surface area contributed by atoms with Gasteiger partial charge in [0.25, 0.3) is 11.6 Å². The average Bonchev–Trinajstić information content (AvgIpc) is 3.00. The molecule has 8 heteroatoms. The Labute approximate surface area is 152 Å². The van der Waals surface area contributed by atoms with Gasteiger partial charge in [0.1, 0.15) is 0 Å². The molecule has 1 aromatic heterocycles. The van der Waals surface area contributed by atoms with Crippen LogP contribution in [0.25, 0.3) is 0 Å². The van der Waals surface area contributed by atoms with Crippen LogP contribution in [-0.2, 0) is 0 Å². The fraction of sp³-hybridized carbons (Fsp3) is 0.0588. The Balaban J connectivity index is 1.94. The minimum Gasteiger partial charge on any atom is -0.298 e. The zero-order chi connectivity index (χ0) is 17.8. The number of carbonyl (C=O) groups is 1. The lowest BCUT2D eigenvalue weighted by Gasteiger charge is -2.09. The molecule has 0 saturated carbocycles. The third-order valence-electron chi connectivity index (χ3n) is 3.23. The third kappa shape index (κ3) is 4.23. The van der Waals surface area contributed by atoms with Crippen molar-refractivity contribution in [3.8, 4) is 0 Å². The molecule has 1 amide bonds. The van der Waals surface area contributed by atoms with E-state index in [0.717, 1.165) is 10.6 Å². The Bertz CT molecular complexity index is 926. The second-order valence-corrected chi connectivity index (χ2v) is 7.07. The number of thiazole rings is 1. The molecule has 0 unspecified atom stereocenters. The van der Waals surface area contributed by atoms with Gasteiger partial charge in [-0.25, -0.2) is 4.98 Å². The number of aryl methyl sites for hydroxylation is 1. The lowest BCUT2D eigenvalue weighted by molar-refractivity contribution is -0.384. The smallest absolute Gasteiger partial charge is 0.270 e. The molecule has 3 aromatic rings. The van der Waals surface area contributed by atoms with Gasteiger partial charge >= 0.3 is 0 Å². The van der Waals surface area contributed by atoms with Crippen LogP contribution in [0.4, 0.5) is 10.8 Å². The number of nitro groups is 1. The standard InChI is InChI=1S/C17H13N3O3S2/c1-11-10-24-17(18-11)19-16(21)14-9-12(20(22)23)7-8-15(14)25-13-5-3-2-4-6-13/h2-10H,1H3,(H,18,19,21). The summed E-state index contributed by atoms with van der Waals surface area (Å²) in [7, 11) is 0. The highest BCUT2D eigenvalue weighted by molar-refractivity contribution is 7.99. The number of nitrogens with zero attached hydrogens (tertiary/aromatic N) is 2. The van der Waals surface area contributed by atoms with E-state index in [-0.39, 0.29) is 11.3 Å². The Morgan fingerprint density at radius 3 is 2.64 bits per heavy atom. The number of nitro benzene ring substituents is 1. The van der Waals surface area contributed by atoms with Crippen LogP contribution in [0.5, 0.6) is 0 Å². The average molecular weight is 371 g/mol. The van der Waals surface area contributed by atoms with Crippen LogP contribution in [0.2, 0.25) is 0 Å². The van der Waals surface area contributed by atoms with Crippen LogP contribution in [0.3, 0.4) is 0 Å². The van der Waals surface area contributed by atoms with E-state index in [4.69, 9.17) is 0 Å². The number of anilines is 1. The highest BCUT2D eigenvalue weighted by Crippen LogP contribution is 2.33. The number of non-ortho nitro benzene ring substituents is 1. The van der Waals surface area contributed by atoms with Gasteiger partial charge in [-0.1, -0.05) is 30.0 Å². The summed E-state index contributed by atoms with van der Waals surface area (Å²) < 4.78 is 0. The fourth-order valence-corrected chi connectivity index (χ4v) is 3.72. The second-order valence-electron chi connectivity index (χ2n) is 5.10. The van der Waals surface area contributed by atoms with E-state index in [1.807, 2.05) is 42.6 Å². The molecule has 0 atom stereocenters. The van der Waals surface area contributed by atoms with E-state index in [1.165, 1.54) is 35.2 Å². The summed E-state index contributed by atoms with van der Waals surface area (Å²) in [5, 5.41) is 16.1. The van der Waals surface area contributed by atoms with Crippen molar-refractivity contribution in [2.45, 2.75) is 16.7 Å². The summed E-state index contributed by atoms with van der Waals surface area (Å²) in [6.45, 7) is 1.83. The molecule has 2 aromatic carbocycles. The predicted molar refractivity (Wildman–Crippen MR) is 98.5 cm³/mol. The Morgan fingerprint density at radius 2 is 2.00 bits per heavy atom. The number of rotatable bonds is 5. The van der Waals surface area contributed by atoms with Crippen molar-refractivity contribution in [3.05, 3.63) is 75.3 Å². The second kappa shape index (κ2) is 7.45. The summed E-state index contributed by atoms with van der Waals surface area (Å²) in [4.78, 5) is 29.0. The Hall–Kier alpha value is -2.71. The lowest BCUT2D eigenvalue weighted by Crippen LogP contribution is -2.13. The molecular formula is C17H13N3O3S2. The largest absolute Gasteiger partial charge is 0.298 e. The molecule has 0 fully saturated rings. The van der Waals surface area contributed by atoms with Gasteiger partial charge in [-0.15, -0.1) is 11.3 Å². The van der Waals surface area contributed by atoms with Gasteiger partial charge in [-0.2, -0.15) is 0 Å². The number of amides is 1. The van der Waals surface area contributed by atoms with Gasteiger partial charge < -0.3 is 0 Å². The minimum absolute atomic E-state index is 0.127. The molecule has 126 valence electrons. The van der Waals surface area contributed by atoms with Crippen molar-refractivity contribution in [2.24, 2.45) is 0 Å². The van der Waals surface area contributed by atoms with Crippen LogP contribution in [0, 0.1) is 17.0 Å². The molecule has 0 aliphatic carbocycles.